The first kappa shape index (κ1) is 21.1. The molecule has 1 aliphatic rings. The van der Waals surface area contributed by atoms with Crippen LogP contribution in [0, 0.1) is 6.92 Å². The summed E-state index contributed by atoms with van der Waals surface area (Å²) in [5, 5.41) is 0. The highest BCUT2D eigenvalue weighted by atomic mass is 16.6. The number of hydrogen-bond donors (Lipinski definition) is 0. The van der Waals surface area contributed by atoms with Crippen molar-refractivity contribution < 1.29 is 23.8 Å². The highest BCUT2D eigenvalue weighted by Crippen LogP contribution is 2.31. The van der Waals surface area contributed by atoms with Gasteiger partial charge in [0.15, 0.2) is 17.2 Å². The Bertz CT molecular complexity index is 1230. The number of ether oxygens (including phenoxy) is 3. The molecule has 0 aromatic heterocycles. The van der Waals surface area contributed by atoms with Gasteiger partial charge in [0.2, 0.25) is 5.90 Å². The summed E-state index contributed by atoms with van der Waals surface area (Å²) in [5.41, 5.74) is 2.97. The Morgan fingerprint density at radius 1 is 1.00 bits per heavy atom. The molecule has 6 nitrogen and oxygen atoms in total. The molecule has 0 atom stereocenters. The summed E-state index contributed by atoms with van der Waals surface area (Å²) in [6.07, 6.45) is 1.60. The van der Waals surface area contributed by atoms with Crippen molar-refractivity contribution >= 4 is 23.9 Å². The number of carbonyl (C=O) groups excluding carboxylic acids is 2. The van der Waals surface area contributed by atoms with Gasteiger partial charge < -0.3 is 14.2 Å². The average Bonchev–Trinajstić information content (AvgIpc) is 3.16. The Kier molecular flexibility index (Phi) is 6.12. The predicted octanol–water partition coefficient (Wildman–Crippen LogP) is 4.96. The topological polar surface area (TPSA) is 74.2 Å². The van der Waals surface area contributed by atoms with E-state index in [-0.39, 0.29) is 11.6 Å². The van der Waals surface area contributed by atoms with Crippen molar-refractivity contribution in [2.75, 3.05) is 6.61 Å². The number of rotatable bonds is 6. The maximum Gasteiger partial charge on any atom is 0.363 e. The van der Waals surface area contributed by atoms with E-state index in [1.54, 1.807) is 42.5 Å². The van der Waals surface area contributed by atoms with Crippen LogP contribution in [0.15, 0.2) is 83.5 Å². The number of benzene rings is 3. The third-order valence-electron chi connectivity index (χ3n) is 4.67. The van der Waals surface area contributed by atoms with Gasteiger partial charge in [-0.25, -0.2) is 14.6 Å². The van der Waals surface area contributed by atoms with Gasteiger partial charge in [0.25, 0.3) is 0 Å². The molecule has 0 unspecified atom stereocenters. The number of carbonyl (C=O) groups is 2. The van der Waals surface area contributed by atoms with Crippen LogP contribution in [0.25, 0.3) is 6.08 Å². The minimum absolute atomic E-state index is 0.177. The number of aryl methyl sites for hydroxylation is 1. The number of esters is 2. The van der Waals surface area contributed by atoms with Crippen LogP contribution in [0.5, 0.6) is 11.5 Å². The average molecular weight is 427 g/mol. The molecule has 0 radical (unpaired) electrons. The maximum atomic E-state index is 12.5. The first-order valence-electron chi connectivity index (χ1n) is 10.2. The summed E-state index contributed by atoms with van der Waals surface area (Å²) in [6, 6.07) is 21.4. The molecular formula is C26H21NO5. The predicted molar refractivity (Wildman–Crippen MR) is 121 cm³/mol. The molecule has 0 aliphatic carbocycles. The zero-order valence-electron chi connectivity index (χ0n) is 17.7. The van der Waals surface area contributed by atoms with E-state index in [1.165, 1.54) is 0 Å². The second kappa shape index (κ2) is 9.31. The number of cyclic esters (lactones) is 1. The van der Waals surface area contributed by atoms with Crippen LogP contribution in [0.4, 0.5) is 0 Å². The van der Waals surface area contributed by atoms with Crippen molar-refractivity contribution in [3.63, 3.8) is 0 Å². The Morgan fingerprint density at radius 3 is 2.56 bits per heavy atom. The summed E-state index contributed by atoms with van der Waals surface area (Å²) in [7, 11) is 0. The lowest BCUT2D eigenvalue weighted by Crippen LogP contribution is -2.10. The van der Waals surface area contributed by atoms with Crippen molar-refractivity contribution in [1.29, 1.82) is 0 Å². The monoisotopic (exact) mass is 427 g/mol. The Labute approximate surface area is 185 Å². The van der Waals surface area contributed by atoms with Gasteiger partial charge in [-0.15, -0.1) is 0 Å². The zero-order chi connectivity index (χ0) is 22.5. The molecule has 6 heteroatoms. The smallest absolute Gasteiger partial charge is 0.363 e. The van der Waals surface area contributed by atoms with Gasteiger partial charge in [0.1, 0.15) is 0 Å². The molecule has 1 aliphatic heterocycles. The molecule has 4 rings (SSSR count). The molecule has 3 aromatic rings. The molecule has 32 heavy (non-hydrogen) atoms. The summed E-state index contributed by atoms with van der Waals surface area (Å²) >= 11 is 0. The van der Waals surface area contributed by atoms with E-state index in [4.69, 9.17) is 14.2 Å². The summed E-state index contributed by atoms with van der Waals surface area (Å²) in [6.45, 7) is 4.12. The summed E-state index contributed by atoms with van der Waals surface area (Å²) in [4.78, 5) is 29.1. The Balaban J connectivity index is 1.59. The molecule has 0 fully saturated rings. The fraction of sp³-hybridized carbons (Fsp3) is 0.115. The van der Waals surface area contributed by atoms with E-state index in [2.05, 4.69) is 4.99 Å². The second-order valence-corrected chi connectivity index (χ2v) is 7.10. The fourth-order valence-electron chi connectivity index (χ4n) is 3.17. The van der Waals surface area contributed by atoms with E-state index in [1.807, 2.05) is 50.2 Å². The SMILES string of the molecule is CCOc1cc(/C=C2/N=C(c3ccccc3)OC2=O)ccc1OC(=O)c1cccc(C)c1. The molecule has 160 valence electrons. The first-order chi connectivity index (χ1) is 15.5. The highest BCUT2D eigenvalue weighted by molar-refractivity contribution is 6.12. The maximum absolute atomic E-state index is 12.5. The molecule has 0 amide bonds. The largest absolute Gasteiger partial charge is 0.490 e. The van der Waals surface area contributed by atoms with E-state index in [0.717, 1.165) is 11.1 Å². The van der Waals surface area contributed by atoms with Crippen molar-refractivity contribution in [3.05, 3.63) is 101 Å². The quantitative estimate of drug-likeness (QED) is 0.316. The van der Waals surface area contributed by atoms with Gasteiger partial charge >= 0.3 is 11.9 Å². The Morgan fingerprint density at radius 2 is 1.81 bits per heavy atom. The van der Waals surface area contributed by atoms with E-state index >= 15 is 0 Å². The minimum Gasteiger partial charge on any atom is -0.490 e. The van der Waals surface area contributed by atoms with Gasteiger partial charge in [-0.2, -0.15) is 0 Å². The van der Waals surface area contributed by atoms with Crippen molar-refractivity contribution in [2.45, 2.75) is 13.8 Å². The third kappa shape index (κ3) is 4.75. The van der Waals surface area contributed by atoms with Crippen LogP contribution < -0.4 is 9.47 Å². The molecule has 0 saturated carbocycles. The fourth-order valence-corrected chi connectivity index (χ4v) is 3.17. The van der Waals surface area contributed by atoms with Gasteiger partial charge in [0, 0.05) is 5.56 Å². The van der Waals surface area contributed by atoms with Crippen molar-refractivity contribution in [2.24, 2.45) is 4.99 Å². The lowest BCUT2D eigenvalue weighted by molar-refractivity contribution is -0.129. The van der Waals surface area contributed by atoms with Crippen LogP contribution in [0.1, 0.15) is 34.0 Å². The van der Waals surface area contributed by atoms with E-state index in [0.29, 0.717) is 29.2 Å². The van der Waals surface area contributed by atoms with E-state index in [9.17, 15) is 9.59 Å². The number of aliphatic imine (C=N–C) groups is 1. The second-order valence-electron chi connectivity index (χ2n) is 7.10. The van der Waals surface area contributed by atoms with Crippen molar-refractivity contribution in [1.82, 2.24) is 0 Å². The lowest BCUT2D eigenvalue weighted by Gasteiger charge is -2.11. The molecule has 0 saturated heterocycles. The van der Waals surface area contributed by atoms with Crippen LogP contribution in [-0.4, -0.2) is 24.4 Å². The zero-order valence-corrected chi connectivity index (χ0v) is 17.7. The van der Waals surface area contributed by atoms with Gasteiger partial charge in [-0.05, 0) is 61.9 Å². The van der Waals surface area contributed by atoms with E-state index < -0.39 is 11.9 Å². The van der Waals surface area contributed by atoms with Crippen molar-refractivity contribution in [3.8, 4) is 11.5 Å². The van der Waals surface area contributed by atoms with Crippen LogP contribution in [-0.2, 0) is 9.53 Å². The van der Waals surface area contributed by atoms with Crippen LogP contribution >= 0.6 is 0 Å². The Hall–Kier alpha value is -4.19. The van der Waals surface area contributed by atoms with Crippen LogP contribution in [0.3, 0.4) is 0 Å². The normalized spacial score (nSPS) is 14.1. The standard InChI is InChI=1S/C26H21NO5/c1-3-30-23-16-18(12-13-22(23)31-25(28)20-11-7-8-17(2)14-20)15-21-26(29)32-24(27-21)19-9-5-4-6-10-19/h4-16H,3H2,1-2H3/b21-15+. The highest BCUT2D eigenvalue weighted by Gasteiger charge is 2.24. The van der Waals surface area contributed by atoms with Crippen LogP contribution in [0.2, 0.25) is 0 Å². The number of hydrogen-bond acceptors (Lipinski definition) is 6. The molecule has 0 spiro atoms. The third-order valence-corrected chi connectivity index (χ3v) is 4.67. The van der Waals surface area contributed by atoms with Gasteiger partial charge in [-0.3, -0.25) is 0 Å². The molecule has 0 bridgehead atoms. The minimum atomic E-state index is -0.531. The van der Waals surface area contributed by atoms with Gasteiger partial charge in [0.05, 0.1) is 12.2 Å². The molecule has 1 heterocycles. The molecule has 0 N–H and O–H groups in total. The number of nitrogens with zero attached hydrogens (tertiary/aromatic N) is 1. The summed E-state index contributed by atoms with van der Waals surface area (Å²) < 4.78 is 16.5. The van der Waals surface area contributed by atoms with Gasteiger partial charge in [-0.1, -0.05) is 42.0 Å². The molecular weight excluding hydrogens is 406 g/mol. The summed E-state index contributed by atoms with van der Waals surface area (Å²) in [5.74, 6) is -0.0611. The molecule has 3 aromatic carbocycles. The lowest BCUT2D eigenvalue weighted by atomic mass is 10.1. The first-order valence-corrected chi connectivity index (χ1v) is 10.2.